The molecule has 0 aromatic heterocycles. The van der Waals surface area contributed by atoms with E-state index in [4.69, 9.17) is 5.11 Å². The Hall–Kier alpha value is -2.29. The fourth-order valence-corrected chi connectivity index (χ4v) is 2.31. The van der Waals surface area contributed by atoms with Gasteiger partial charge in [-0.05, 0) is 36.6 Å². The van der Waals surface area contributed by atoms with E-state index < -0.39 is 29.8 Å². The molecule has 0 saturated heterocycles. The minimum Gasteiger partial charge on any atom is -0.465 e. The summed E-state index contributed by atoms with van der Waals surface area (Å²) in [5.74, 6) is -0.661. The normalized spacial score (nSPS) is 12.8. The number of hydrogen-bond acceptors (Lipinski definition) is 3. The van der Waals surface area contributed by atoms with E-state index in [0.717, 1.165) is 29.2 Å². The maximum Gasteiger partial charge on any atom is 0.416 e. The van der Waals surface area contributed by atoms with Gasteiger partial charge in [0.2, 0.25) is 5.91 Å². The molecule has 0 saturated carbocycles. The highest BCUT2D eigenvalue weighted by Crippen LogP contribution is 2.31. The second kappa shape index (κ2) is 8.70. The minimum atomic E-state index is -4.54. The van der Waals surface area contributed by atoms with Gasteiger partial charge in [0.25, 0.3) is 0 Å². The van der Waals surface area contributed by atoms with Gasteiger partial charge < -0.3 is 15.5 Å². The highest BCUT2D eigenvalue weighted by atomic mass is 19.4. The van der Waals surface area contributed by atoms with Gasteiger partial charge in [-0.15, -0.1) is 0 Å². The molecule has 1 atom stereocenters. The van der Waals surface area contributed by atoms with E-state index in [2.05, 4.69) is 5.32 Å². The van der Waals surface area contributed by atoms with Gasteiger partial charge >= 0.3 is 12.3 Å². The molecule has 0 radical (unpaired) electrons. The highest BCUT2D eigenvalue weighted by molar-refractivity contribution is 5.96. The molecule has 0 spiro atoms. The van der Waals surface area contributed by atoms with Crippen molar-refractivity contribution in [1.29, 1.82) is 0 Å². The van der Waals surface area contributed by atoms with Crippen LogP contribution in [0.4, 0.5) is 23.7 Å². The summed E-state index contributed by atoms with van der Waals surface area (Å²) in [6.07, 6.45) is -5.82. The van der Waals surface area contributed by atoms with Crippen LogP contribution in [0, 0.1) is 5.92 Å². The first kappa shape index (κ1) is 20.8. The minimum absolute atomic E-state index is 0.0368. The number of alkyl halides is 3. The van der Waals surface area contributed by atoms with Crippen molar-refractivity contribution in [3.05, 3.63) is 29.8 Å². The van der Waals surface area contributed by atoms with Gasteiger partial charge in [0, 0.05) is 12.2 Å². The molecule has 1 unspecified atom stereocenters. The fraction of sp³-hybridized carbons (Fsp3) is 0.500. The monoisotopic (exact) mass is 362 g/mol. The van der Waals surface area contributed by atoms with Gasteiger partial charge in [0.15, 0.2) is 0 Å². The van der Waals surface area contributed by atoms with E-state index in [-0.39, 0.29) is 31.2 Å². The Balaban J connectivity index is 3.19. The summed E-state index contributed by atoms with van der Waals surface area (Å²) in [6.45, 7) is 3.22. The van der Waals surface area contributed by atoms with Gasteiger partial charge in [0.05, 0.1) is 12.2 Å². The van der Waals surface area contributed by atoms with E-state index in [1.165, 1.54) is 0 Å². The lowest BCUT2D eigenvalue weighted by molar-refractivity contribution is -0.137. The summed E-state index contributed by atoms with van der Waals surface area (Å²) in [7, 11) is 0. The third-order valence-electron chi connectivity index (χ3n) is 3.40. The molecule has 0 fully saturated rings. The maximum atomic E-state index is 12.7. The summed E-state index contributed by atoms with van der Waals surface area (Å²) in [4.78, 5) is 24.7. The molecule has 25 heavy (non-hydrogen) atoms. The van der Waals surface area contributed by atoms with Gasteiger partial charge in [0.1, 0.15) is 6.04 Å². The number of carboxylic acid groups (broad SMARTS) is 1. The Morgan fingerprint density at radius 3 is 2.16 bits per heavy atom. The number of benzene rings is 1. The lowest BCUT2D eigenvalue weighted by Crippen LogP contribution is -2.50. The number of carbonyl (C=O) groups is 2. The first-order valence-electron chi connectivity index (χ1n) is 7.66. The van der Waals surface area contributed by atoms with Crippen LogP contribution in [0.5, 0.6) is 0 Å². The molecular weight excluding hydrogens is 341 g/mol. The molecule has 1 aromatic carbocycles. The number of aliphatic hydroxyl groups is 1. The number of nitrogens with zero attached hydrogens (tertiary/aromatic N) is 1. The quantitative estimate of drug-likeness (QED) is 0.696. The van der Waals surface area contributed by atoms with E-state index in [9.17, 15) is 27.9 Å². The molecule has 0 bridgehead atoms. The molecule has 6 nitrogen and oxygen atoms in total. The number of carbonyl (C=O) groups excluding carboxylic acids is 1. The Morgan fingerprint density at radius 1 is 1.20 bits per heavy atom. The summed E-state index contributed by atoms with van der Waals surface area (Å²) < 4.78 is 38.0. The van der Waals surface area contributed by atoms with Crippen molar-refractivity contribution in [1.82, 2.24) is 5.32 Å². The lowest BCUT2D eigenvalue weighted by Gasteiger charge is -2.30. The van der Waals surface area contributed by atoms with Crippen LogP contribution < -0.4 is 10.2 Å². The van der Waals surface area contributed by atoms with Crippen molar-refractivity contribution < 1.29 is 33.0 Å². The van der Waals surface area contributed by atoms with Crippen LogP contribution in [0.3, 0.4) is 0 Å². The highest BCUT2D eigenvalue weighted by Gasteiger charge is 2.33. The van der Waals surface area contributed by atoms with Crippen molar-refractivity contribution in [2.45, 2.75) is 32.5 Å². The SMILES string of the molecule is CC(C)CC(C(=O)NCCO)N(C(=O)O)c1ccc(C(F)(F)F)cc1. The van der Waals surface area contributed by atoms with E-state index in [1.54, 1.807) is 13.8 Å². The maximum absolute atomic E-state index is 12.7. The molecular formula is C16H21F3N2O4. The zero-order valence-electron chi connectivity index (χ0n) is 13.9. The number of halogens is 3. The standard InChI is InChI=1S/C16H21F3N2O4/c1-10(2)9-13(14(23)20-7-8-22)21(15(24)25)12-5-3-11(4-6-12)16(17,18)19/h3-6,10,13,22H,7-9H2,1-2H3,(H,20,23)(H,24,25). The predicted molar refractivity (Wildman–Crippen MR) is 85.3 cm³/mol. The van der Waals surface area contributed by atoms with Crippen LogP contribution in [0.1, 0.15) is 25.8 Å². The van der Waals surface area contributed by atoms with Crippen LogP contribution in [0.2, 0.25) is 0 Å². The van der Waals surface area contributed by atoms with E-state index in [0.29, 0.717) is 0 Å². The Labute approximate surface area is 143 Å². The molecule has 3 N–H and O–H groups in total. The zero-order chi connectivity index (χ0) is 19.2. The summed E-state index contributed by atoms with van der Waals surface area (Å²) in [5, 5.41) is 20.7. The zero-order valence-corrected chi connectivity index (χ0v) is 13.9. The van der Waals surface area contributed by atoms with Crippen molar-refractivity contribution in [3.63, 3.8) is 0 Å². The largest absolute Gasteiger partial charge is 0.465 e. The molecule has 0 heterocycles. The molecule has 9 heteroatoms. The summed E-state index contributed by atoms with van der Waals surface area (Å²) in [5.41, 5.74) is -0.947. The molecule has 0 aliphatic rings. The summed E-state index contributed by atoms with van der Waals surface area (Å²) in [6, 6.07) is 2.45. The Bertz CT molecular complexity index is 588. The number of amides is 2. The number of nitrogens with one attached hydrogen (secondary N) is 1. The molecule has 1 aromatic rings. The van der Waals surface area contributed by atoms with Crippen LogP contribution in [-0.4, -0.2) is 41.4 Å². The van der Waals surface area contributed by atoms with Crippen molar-refractivity contribution in [3.8, 4) is 0 Å². The Kier molecular flexibility index (Phi) is 7.22. The van der Waals surface area contributed by atoms with Crippen molar-refractivity contribution in [2.24, 2.45) is 5.92 Å². The van der Waals surface area contributed by atoms with E-state index >= 15 is 0 Å². The fourth-order valence-electron chi connectivity index (χ4n) is 2.31. The van der Waals surface area contributed by atoms with Crippen molar-refractivity contribution in [2.75, 3.05) is 18.1 Å². The van der Waals surface area contributed by atoms with Crippen LogP contribution in [-0.2, 0) is 11.0 Å². The first-order valence-corrected chi connectivity index (χ1v) is 7.66. The second-order valence-corrected chi connectivity index (χ2v) is 5.86. The average molecular weight is 362 g/mol. The number of hydrogen-bond donors (Lipinski definition) is 3. The molecule has 1 rings (SSSR count). The second-order valence-electron chi connectivity index (χ2n) is 5.86. The van der Waals surface area contributed by atoms with Gasteiger partial charge in [-0.25, -0.2) is 4.79 Å². The average Bonchev–Trinajstić information content (AvgIpc) is 2.50. The third kappa shape index (κ3) is 5.93. The summed E-state index contributed by atoms with van der Waals surface area (Å²) >= 11 is 0. The first-order chi connectivity index (χ1) is 11.6. The number of anilines is 1. The molecule has 140 valence electrons. The lowest BCUT2D eigenvalue weighted by atomic mass is 10.0. The molecule has 0 aliphatic carbocycles. The van der Waals surface area contributed by atoms with Crippen LogP contribution in [0.15, 0.2) is 24.3 Å². The molecule has 0 aliphatic heterocycles. The molecule has 2 amide bonds. The topological polar surface area (TPSA) is 89.9 Å². The van der Waals surface area contributed by atoms with Crippen LogP contribution >= 0.6 is 0 Å². The van der Waals surface area contributed by atoms with Gasteiger partial charge in [-0.3, -0.25) is 9.69 Å². The smallest absolute Gasteiger partial charge is 0.416 e. The number of aliphatic hydroxyl groups excluding tert-OH is 1. The third-order valence-corrected chi connectivity index (χ3v) is 3.40. The van der Waals surface area contributed by atoms with Gasteiger partial charge in [-0.2, -0.15) is 13.2 Å². The van der Waals surface area contributed by atoms with Crippen LogP contribution in [0.25, 0.3) is 0 Å². The number of rotatable bonds is 7. The predicted octanol–water partition coefficient (Wildman–Crippen LogP) is 2.71. The van der Waals surface area contributed by atoms with E-state index in [1.807, 2.05) is 0 Å². The van der Waals surface area contributed by atoms with Crippen molar-refractivity contribution >= 4 is 17.7 Å². The Morgan fingerprint density at radius 2 is 1.76 bits per heavy atom. The van der Waals surface area contributed by atoms with Gasteiger partial charge in [-0.1, -0.05) is 13.8 Å².